The van der Waals surface area contributed by atoms with Gasteiger partial charge in [0.2, 0.25) is 0 Å². The fourth-order valence-electron chi connectivity index (χ4n) is 2.63. The number of methoxy groups -OCH3 is 1. The van der Waals surface area contributed by atoms with E-state index < -0.39 is 41.6 Å². The summed E-state index contributed by atoms with van der Waals surface area (Å²) in [5, 5.41) is 0. The zero-order chi connectivity index (χ0) is 17.9. The summed E-state index contributed by atoms with van der Waals surface area (Å²) >= 11 is 0. The van der Waals surface area contributed by atoms with Crippen molar-refractivity contribution in [3.8, 4) is 0 Å². The Morgan fingerprint density at radius 1 is 1.42 bits per heavy atom. The third kappa shape index (κ3) is 4.10. The van der Waals surface area contributed by atoms with Gasteiger partial charge in [0.05, 0.1) is 13.2 Å². The van der Waals surface area contributed by atoms with Crippen LogP contribution in [0.1, 0.15) is 38.0 Å². The molecule has 1 unspecified atom stereocenters. The number of ether oxygens (including phenoxy) is 3. The van der Waals surface area contributed by atoms with Crippen LogP contribution in [0.2, 0.25) is 0 Å². The van der Waals surface area contributed by atoms with Gasteiger partial charge in [0.1, 0.15) is 12.3 Å². The molecule has 0 amide bonds. The number of nitrogens with one attached hydrogen (secondary N) is 1. The van der Waals surface area contributed by atoms with Gasteiger partial charge in [0.25, 0.3) is 5.56 Å². The average Bonchev–Trinajstić information content (AvgIpc) is 2.90. The Bertz CT molecular complexity index is 736. The zero-order valence-corrected chi connectivity index (χ0v) is 13.7. The van der Waals surface area contributed by atoms with Crippen LogP contribution in [0.15, 0.2) is 15.8 Å². The minimum atomic E-state index is -0.694. The topological polar surface area (TPSA) is 117 Å². The molecule has 132 valence electrons. The number of rotatable bonds is 5. The predicted molar refractivity (Wildman–Crippen MR) is 81.4 cm³/mol. The van der Waals surface area contributed by atoms with E-state index in [0.29, 0.717) is 5.56 Å². The molecule has 0 aliphatic carbocycles. The van der Waals surface area contributed by atoms with E-state index in [0.717, 1.165) is 0 Å². The first-order chi connectivity index (χ1) is 11.3. The molecule has 9 heteroatoms. The van der Waals surface area contributed by atoms with Crippen LogP contribution in [0, 0.1) is 6.92 Å². The molecule has 0 spiro atoms. The summed E-state index contributed by atoms with van der Waals surface area (Å²) in [6.07, 6.45) is 0.216. The third-order valence-corrected chi connectivity index (χ3v) is 3.81. The molecule has 2 heterocycles. The lowest BCUT2D eigenvalue weighted by Gasteiger charge is -2.17. The molecule has 9 nitrogen and oxygen atoms in total. The number of hydrogen-bond acceptors (Lipinski definition) is 7. The Morgan fingerprint density at radius 2 is 2.12 bits per heavy atom. The summed E-state index contributed by atoms with van der Waals surface area (Å²) in [4.78, 5) is 48.2. The SMILES string of the molecule is COC(=O)CC[C@H]1O[C@@H](n2cc(C)c(=O)[nH]c2=O)CC1OC(C)=O. The normalized spacial score (nSPS) is 23.0. The van der Waals surface area contributed by atoms with Crippen molar-refractivity contribution in [2.75, 3.05) is 7.11 Å². The van der Waals surface area contributed by atoms with Crippen molar-refractivity contribution in [3.63, 3.8) is 0 Å². The molecule has 1 aromatic rings. The molecule has 1 fully saturated rings. The quantitative estimate of drug-likeness (QED) is 0.751. The lowest BCUT2D eigenvalue weighted by atomic mass is 10.1. The predicted octanol–water partition coefficient (Wildman–Crippen LogP) is 0.0174. The second kappa shape index (κ2) is 7.43. The number of aromatic nitrogens is 2. The molecule has 0 radical (unpaired) electrons. The van der Waals surface area contributed by atoms with Gasteiger partial charge in [-0.1, -0.05) is 0 Å². The third-order valence-electron chi connectivity index (χ3n) is 3.81. The maximum absolute atomic E-state index is 12.0. The van der Waals surface area contributed by atoms with Crippen LogP contribution in [0.25, 0.3) is 0 Å². The fourth-order valence-corrected chi connectivity index (χ4v) is 2.63. The number of H-pyrrole nitrogens is 1. The lowest BCUT2D eigenvalue weighted by molar-refractivity contribution is -0.150. The minimum absolute atomic E-state index is 0.102. The number of aryl methyl sites for hydroxylation is 1. The highest BCUT2D eigenvalue weighted by Crippen LogP contribution is 2.32. The Labute approximate surface area is 137 Å². The summed E-state index contributed by atoms with van der Waals surface area (Å²) in [5.41, 5.74) is -0.709. The van der Waals surface area contributed by atoms with Gasteiger partial charge >= 0.3 is 17.6 Å². The van der Waals surface area contributed by atoms with Crippen LogP contribution < -0.4 is 11.2 Å². The molecule has 3 atom stereocenters. The van der Waals surface area contributed by atoms with Gasteiger partial charge in [0, 0.05) is 31.5 Å². The van der Waals surface area contributed by atoms with E-state index in [4.69, 9.17) is 9.47 Å². The van der Waals surface area contributed by atoms with Crippen LogP contribution in [-0.4, -0.2) is 40.8 Å². The number of aromatic amines is 1. The summed E-state index contributed by atoms with van der Waals surface area (Å²) in [6.45, 7) is 2.85. The Balaban J connectivity index is 2.20. The summed E-state index contributed by atoms with van der Waals surface area (Å²) < 4.78 is 16.9. The van der Waals surface area contributed by atoms with Crippen molar-refractivity contribution >= 4 is 11.9 Å². The van der Waals surface area contributed by atoms with Gasteiger partial charge in [0.15, 0.2) is 0 Å². The number of esters is 2. The number of carbonyl (C=O) groups is 2. The summed E-state index contributed by atoms with van der Waals surface area (Å²) in [6, 6.07) is 0. The maximum atomic E-state index is 12.0. The Hall–Kier alpha value is -2.42. The number of hydrogen-bond donors (Lipinski definition) is 1. The molecule has 1 saturated heterocycles. The van der Waals surface area contributed by atoms with Crippen LogP contribution in [0.4, 0.5) is 0 Å². The second-order valence-corrected chi connectivity index (χ2v) is 5.61. The van der Waals surface area contributed by atoms with Crippen molar-refractivity contribution in [1.82, 2.24) is 9.55 Å². The van der Waals surface area contributed by atoms with Gasteiger partial charge < -0.3 is 14.2 Å². The first kappa shape index (κ1) is 17.9. The van der Waals surface area contributed by atoms with Crippen LogP contribution in [0.5, 0.6) is 0 Å². The van der Waals surface area contributed by atoms with E-state index in [1.165, 1.54) is 24.8 Å². The maximum Gasteiger partial charge on any atom is 0.330 e. The first-order valence-corrected chi connectivity index (χ1v) is 7.53. The number of nitrogens with zero attached hydrogens (tertiary/aromatic N) is 1. The van der Waals surface area contributed by atoms with Gasteiger partial charge in [-0.05, 0) is 13.3 Å². The number of carbonyl (C=O) groups excluding carboxylic acids is 2. The van der Waals surface area contributed by atoms with Crippen LogP contribution in [0.3, 0.4) is 0 Å². The zero-order valence-electron chi connectivity index (χ0n) is 13.7. The Kier molecular flexibility index (Phi) is 5.55. The Morgan fingerprint density at radius 3 is 2.75 bits per heavy atom. The van der Waals surface area contributed by atoms with Crippen molar-refractivity contribution < 1.29 is 23.8 Å². The molecular weight excluding hydrogens is 320 g/mol. The van der Waals surface area contributed by atoms with E-state index >= 15 is 0 Å². The van der Waals surface area contributed by atoms with E-state index in [1.807, 2.05) is 0 Å². The highest BCUT2D eigenvalue weighted by atomic mass is 16.6. The molecule has 1 N–H and O–H groups in total. The average molecular weight is 340 g/mol. The first-order valence-electron chi connectivity index (χ1n) is 7.53. The molecule has 0 aromatic carbocycles. The molecular formula is C15H20N2O7. The largest absolute Gasteiger partial charge is 0.469 e. The molecule has 0 saturated carbocycles. The smallest absolute Gasteiger partial charge is 0.330 e. The van der Waals surface area contributed by atoms with E-state index in [1.54, 1.807) is 6.92 Å². The molecule has 1 aromatic heterocycles. The van der Waals surface area contributed by atoms with E-state index in [-0.39, 0.29) is 19.3 Å². The van der Waals surface area contributed by atoms with Crippen LogP contribution in [-0.2, 0) is 23.8 Å². The van der Waals surface area contributed by atoms with Crippen molar-refractivity contribution in [3.05, 3.63) is 32.6 Å². The molecule has 2 rings (SSSR count). The van der Waals surface area contributed by atoms with Gasteiger partial charge in [-0.25, -0.2) is 4.79 Å². The highest BCUT2D eigenvalue weighted by molar-refractivity contribution is 5.69. The molecule has 1 aliphatic rings. The highest BCUT2D eigenvalue weighted by Gasteiger charge is 2.39. The van der Waals surface area contributed by atoms with Gasteiger partial charge in [-0.3, -0.25) is 23.9 Å². The van der Waals surface area contributed by atoms with E-state index in [9.17, 15) is 19.2 Å². The molecule has 0 bridgehead atoms. The lowest BCUT2D eigenvalue weighted by Crippen LogP contribution is -2.33. The van der Waals surface area contributed by atoms with Crippen molar-refractivity contribution in [1.29, 1.82) is 0 Å². The van der Waals surface area contributed by atoms with Gasteiger partial charge in [-0.15, -0.1) is 0 Å². The standard InChI is InChI=1S/C15H20N2O7/c1-8-7-17(15(21)16-14(8)20)12-6-11(23-9(2)18)10(24-12)4-5-13(19)22-3/h7,10-12H,4-6H2,1-3H3,(H,16,20,21)/t10-,11?,12-/m1/s1. The summed E-state index contributed by atoms with van der Waals surface area (Å²) in [7, 11) is 1.28. The van der Waals surface area contributed by atoms with Crippen LogP contribution >= 0.6 is 0 Å². The van der Waals surface area contributed by atoms with Crippen molar-refractivity contribution in [2.24, 2.45) is 0 Å². The minimum Gasteiger partial charge on any atom is -0.469 e. The monoisotopic (exact) mass is 340 g/mol. The van der Waals surface area contributed by atoms with E-state index in [2.05, 4.69) is 9.72 Å². The fraction of sp³-hybridized carbons (Fsp3) is 0.600. The van der Waals surface area contributed by atoms with Gasteiger partial charge in [-0.2, -0.15) is 0 Å². The molecule has 1 aliphatic heterocycles. The second-order valence-electron chi connectivity index (χ2n) is 5.61. The van der Waals surface area contributed by atoms with Crippen molar-refractivity contribution in [2.45, 2.75) is 51.5 Å². The molecule has 24 heavy (non-hydrogen) atoms. The summed E-state index contributed by atoms with van der Waals surface area (Å²) in [5.74, 6) is -0.877.